The highest BCUT2D eigenvalue weighted by Gasteiger charge is 2.10. The van der Waals surface area contributed by atoms with Gasteiger partial charge in [0.05, 0.1) is 23.8 Å². The van der Waals surface area contributed by atoms with Crippen LogP contribution >= 0.6 is 11.6 Å². The minimum atomic E-state index is 0.580. The van der Waals surface area contributed by atoms with Crippen molar-refractivity contribution < 1.29 is 0 Å². The summed E-state index contributed by atoms with van der Waals surface area (Å²) in [4.78, 5) is 4.66. The molecule has 0 spiro atoms. The fourth-order valence-electron chi connectivity index (χ4n) is 2.31. The average molecular weight is 275 g/mol. The minimum Gasteiger partial charge on any atom is -0.323 e. The van der Waals surface area contributed by atoms with Gasteiger partial charge in [-0.3, -0.25) is 4.68 Å². The van der Waals surface area contributed by atoms with Gasteiger partial charge in [-0.15, -0.1) is 11.6 Å². The third kappa shape index (κ3) is 2.36. The van der Waals surface area contributed by atoms with E-state index >= 15 is 0 Å². The molecule has 5 heteroatoms. The third-order valence-electron chi connectivity index (χ3n) is 3.15. The van der Waals surface area contributed by atoms with Gasteiger partial charge in [0.25, 0.3) is 0 Å². The molecular formula is C14H15ClN4. The summed E-state index contributed by atoms with van der Waals surface area (Å²) in [6.07, 6.45) is 4.69. The van der Waals surface area contributed by atoms with E-state index in [1.807, 2.05) is 42.3 Å². The van der Waals surface area contributed by atoms with Gasteiger partial charge in [-0.25, -0.2) is 4.98 Å². The Morgan fingerprint density at radius 2 is 2.11 bits per heavy atom. The summed E-state index contributed by atoms with van der Waals surface area (Å²) in [6.45, 7) is 0.778. The molecule has 19 heavy (non-hydrogen) atoms. The number of fused-ring (bicyclic) bond motifs is 1. The van der Waals surface area contributed by atoms with E-state index in [-0.39, 0.29) is 0 Å². The molecule has 0 N–H and O–H groups in total. The normalized spacial score (nSPS) is 11.3. The molecule has 0 atom stereocenters. The summed E-state index contributed by atoms with van der Waals surface area (Å²) in [5.74, 6) is 1.61. The molecular weight excluding hydrogens is 260 g/mol. The predicted octanol–water partition coefficient (Wildman–Crippen LogP) is 2.60. The third-order valence-corrected chi connectivity index (χ3v) is 3.34. The van der Waals surface area contributed by atoms with Gasteiger partial charge in [-0.05, 0) is 12.1 Å². The van der Waals surface area contributed by atoms with Crippen molar-refractivity contribution in [2.75, 3.05) is 5.88 Å². The van der Waals surface area contributed by atoms with E-state index in [4.69, 9.17) is 11.6 Å². The van der Waals surface area contributed by atoms with E-state index in [1.54, 1.807) is 0 Å². The van der Waals surface area contributed by atoms with Gasteiger partial charge in [0.15, 0.2) is 0 Å². The van der Waals surface area contributed by atoms with Crippen LogP contribution in [0.3, 0.4) is 0 Å². The highest BCUT2D eigenvalue weighted by Crippen LogP contribution is 2.18. The number of hydrogen-bond donors (Lipinski definition) is 0. The number of aryl methyl sites for hydroxylation is 2. The van der Waals surface area contributed by atoms with Crippen LogP contribution in [0.1, 0.15) is 11.4 Å². The monoisotopic (exact) mass is 274 g/mol. The number of benzene rings is 1. The van der Waals surface area contributed by atoms with Crippen LogP contribution in [0, 0.1) is 0 Å². The summed E-state index contributed by atoms with van der Waals surface area (Å²) in [7, 11) is 1.93. The Morgan fingerprint density at radius 1 is 1.26 bits per heavy atom. The Balaban J connectivity index is 2.06. The average Bonchev–Trinajstić information content (AvgIpc) is 2.96. The Morgan fingerprint density at radius 3 is 2.84 bits per heavy atom. The molecule has 0 aliphatic carbocycles. The van der Waals surface area contributed by atoms with Crippen molar-refractivity contribution in [3.05, 3.63) is 48.0 Å². The molecule has 0 bridgehead atoms. The summed E-state index contributed by atoms with van der Waals surface area (Å²) >= 11 is 5.87. The number of para-hydroxylation sites is 2. The summed E-state index contributed by atoms with van der Waals surface area (Å²) < 4.78 is 4.03. The van der Waals surface area contributed by atoms with E-state index in [1.165, 1.54) is 5.56 Å². The van der Waals surface area contributed by atoms with Crippen LogP contribution in [0.4, 0.5) is 0 Å². The molecule has 0 radical (unpaired) electrons. The van der Waals surface area contributed by atoms with Crippen LogP contribution in [-0.4, -0.2) is 25.2 Å². The zero-order chi connectivity index (χ0) is 13.2. The van der Waals surface area contributed by atoms with Gasteiger partial charge >= 0.3 is 0 Å². The quantitative estimate of drug-likeness (QED) is 0.686. The number of imidazole rings is 1. The van der Waals surface area contributed by atoms with Gasteiger partial charge in [-0.1, -0.05) is 12.1 Å². The Labute approximate surface area is 116 Å². The number of halogens is 1. The van der Waals surface area contributed by atoms with Gasteiger partial charge in [-0.2, -0.15) is 5.10 Å². The summed E-state index contributed by atoms with van der Waals surface area (Å²) in [5.41, 5.74) is 3.33. The second-order valence-corrected chi connectivity index (χ2v) is 4.94. The second-order valence-electron chi connectivity index (χ2n) is 4.56. The molecule has 4 nitrogen and oxygen atoms in total. The number of aromatic nitrogens is 4. The van der Waals surface area contributed by atoms with Crippen molar-refractivity contribution in [2.45, 2.75) is 13.0 Å². The molecule has 2 aromatic heterocycles. The topological polar surface area (TPSA) is 35.6 Å². The van der Waals surface area contributed by atoms with Crippen LogP contribution in [0.2, 0.25) is 0 Å². The van der Waals surface area contributed by atoms with Crippen molar-refractivity contribution >= 4 is 22.6 Å². The van der Waals surface area contributed by atoms with E-state index in [2.05, 4.69) is 20.7 Å². The van der Waals surface area contributed by atoms with Crippen LogP contribution in [0.25, 0.3) is 11.0 Å². The Bertz CT molecular complexity index is 698. The Kier molecular flexibility index (Phi) is 3.25. The molecule has 0 unspecified atom stereocenters. The van der Waals surface area contributed by atoms with Gasteiger partial charge in [0.2, 0.25) is 0 Å². The van der Waals surface area contributed by atoms with Crippen LogP contribution in [0.15, 0.2) is 36.7 Å². The first-order valence-corrected chi connectivity index (χ1v) is 6.79. The van der Waals surface area contributed by atoms with E-state index in [9.17, 15) is 0 Å². The molecule has 1 aromatic carbocycles. The van der Waals surface area contributed by atoms with Crippen molar-refractivity contribution in [2.24, 2.45) is 7.05 Å². The van der Waals surface area contributed by atoms with Gasteiger partial charge in [0, 0.05) is 31.1 Å². The molecule has 0 aliphatic rings. The van der Waals surface area contributed by atoms with Crippen LogP contribution in [0.5, 0.6) is 0 Å². The number of alkyl halides is 1. The van der Waals surface area contributed by atoms with Crippen molar-refractivity contribution in [3.8, 4) is 0 Å². The minimum absolute atomic E-state index is 0.580. The molecule has 0 fully saturated rings. The first-order chi connectivity index (χ1) is 9.28. The van der Waals surface area contributed by atoms with Crippen molar-refractivity contribution in [1.29, 1.82) is 0 Å². The summed E-state index contributed by atoms with van der Waals surface area (Å²) in [5, 5.41) is 4.21. The molecule has 0 aliphatic heterocycles. The lowest BCUT2D eigenvalue weighted by Crippen LogP contribution is -2.05. The van der Waals surface area contributed by atoms with E-state index in [0.717, 1.165) is 29.8 Å². The lowest BCUT2D eigenvalue weighted by atomic mass is 10.3. The van der Waals surface area contributed by atoms with Crippen LogP contribution < -0.4 is 0 Å². The zero-order valence-corrected chi connectivity index (χ0v) is 11.5. The maximum Gasteiger partial charge on any atom is 0.111 e. The van der Waals surface area contributed by atoms with Gasteiger partial charge < -0.3 is 4.57 Å². The highest BCUT2D eigenvalue weighted by atomic mass is 35.5. The SMILES string of the molecule is Cn1cc(Cn2c(CCCl)nc3ccccc32)cn1. The van der Waals surface area contributed by atoms with E-state index < -0.39 is 0 Å². The van der Waals surface area contributed by atoms with Crippen molar-refractivity contribution in [1.82, 2.24) is 19.3 Å². The van der Waals surface area contributed by atoms with Gasteiger partial charge in [0.1, 0.15) is 5.82 Å². The molecule has 98 valence electrons. The fraction of sp³-hybridized carbons (Fsp3) is 0.286. The summed E-state index contributed by atoms with van der Waals surface area (Å²) in [6, 6.07) is 8.17. The number of rotatable bonds is 4. The first kappa shape index (κ1) is 12.2. The molecule has 3 aromatic rings. The Hall–Kier alpha value is -1.81. The first-order valence-electron chi connectivity index (χ1n) is 6.25. The standard InChI is InChI=1S/C14H15ClN4/c1-18-9-11(8-16-18)10-19-13-5-3-2-4-12(13)17-14(19)6-7-15/h2-5,8-9H,6-7,10H2,1H3. The molecule has 0 saturated carbocycles. The molecule has 0 amide bonds. The second kappa shape index (κ2) is 5.05. The predicted molar refractivity (Wildman–Crippen MR) is 76.5 cm³/mol. The van der Waals surface area contributed by atoms with Crippen LogP contribution in [-0.2, 0) is 20.0 Å². The lowest BCUT2D eigenvalue weighted by Gasteiger charge is -2.06. The number of nitrogens with zero attached hydrogens (tertiary/aromatic N) is 4. The van der Waals surface area contributed by atoms with Crippen molar-refractivity contribution in [3.63, 3.8) is 0 Å². The zero-order valence-electron chi connectivity index (χ0n) is 10.8. The molecule has 0 saturated heterocycles. The number of hydrogen-bond acceptors (Lipinski definition) is 2. The molecule has 2 heterocycles. The largest absolute Gasteiger partial charge is 0.323 e. The smallest absolute Gasteiger partial charge is 0.111 e. The highest BCUT2D eigenvalue weighted by molar-refractivity contribution is 6.17. The fourth-order valence-corrected chi connectivity index (χ4v) is 2.48. The lowest BCUT2D eigenvalue weighted by molar-refractivity contribution is 0.747. The maximum atomic E-state index is 5.87. The van der Waals surface area contributed by atoms with E-state index in [0.29, 0.717) is 5.88 Å². The molecule has 3 rings (SSSR count). The maximum absolute atomic E-state index is 5.87.